The van der Waals surface area contributed by atoms with E-state index in [1.807, 2.05) is 31.2 Å². The Morgan fingerprint density at radius 2 is 2.17 bits per heavy atom. The lowest BCUT2D eigenvalue weighted by Crippen LogP contribution is -2.53. The van der Waals surface area contributed by atoms with Crippen LogP contribution in [-0.4, -0.2) is 18.6 Å². The highest BCUT2D eigenvalue weighted by molar-refractivity contribution is 5.86. The molecule has 98 valence electrons. The maximum absolute atomic E-state index is 12.0. The van der Waals surface area contributed by atoms with E-state index in [1.165, 1.54) is 0 Å². The molecule has 0 aromatic heterocycles. The summed E-state index contributed by atoms with van der Waals surface area (Å²) in [6.07, 6.45) is 2.10. The molecule has 0 aliphatic heterocycles. The molecule has 0 heterocycles. The van der Waals surface area contributed by atoms with Gasteiger partial charge in [0.15, 0.2) is 0 Å². The Morgan fingerprint density at radius 1 is 1.50 bits per heavy atom. The number of nitrogens with one attached hydrogen (secondary N) is 1. The molecule has 4 nitrogen and oxygen atoms in total. The Bertz CT molecular complexity index is 439. The van der Waals surface area contributed by atoms with Gasteiger partial charge in [-0.2, -0.15) is 0 Å². The van der Waals surface area contributed by atoms with Crippen LogP contribution in [0.1, 0.15) is 25.3 Å². The molecule has 2 rings (SSSR count). The molecule has 1 aromatic carbocycles. The minimum absolute atomic E-state index is 0.0871. The minimum Gasteiger partial charge on any atom is -0.496 e. The molecule has 1 unspecified atom stereocenters. The van der Waals surface area contributed by atoms with Crippen LogP contribution >= 0.6 is 0 Å². The van der Waals surface area contributed by atoms with Gasteiger partial charge < -0.3 is 15.8 Å². The van der Waals surface area contributed by atoms with Gasteiger partial charge in [0.25, 0.3) is 0 Å². The van der Waals surface area contributed by atoms with Gasteiger partial charge in [-0.25, -0.2) is 0 Å². The molecule has 18 heavy (non-hydrogen) atoms. The van der Waals surface area contributed by atoms with Crippen LogP contribution < -0.4 is 15.8 Å². The second-order valence-corrected chi connectivity index (χ2v) is 5.05. The van der Waals surface area contributed by atoms with Crippen molar-refractivity contribution in [2.75, 3.05) is 7.11 Å². The first-order valence-electron chi connectivity index (χ1n) is 6.24. The highest BCUT2D eigenvalue weighted by Crippen LogP contribution is 2.38. The third-order valence-corrected chi connectivity index (χ3v) is 3.55. The van der Waals surface area contributed by atoms with Crippen molar-refractivity contribution in [2.24, 2.45) is 11.7 Å². The monoisotopic (exact) mass is 248 g/mol. The van der Waals surface area contributed by atoms with Crippen LogP contribution in [0, 0.1) is 5.92 Å². The van der Waals surface area contributed by atoms with Crippen molar-refractivity contribution in [1.29, 1.82) is 0 Å². The van der Waals surface area contributed by atoms with Crippen molar-refractivity contribution in [3.8, 4) is 5.75 Å². The lowest BCUT2D eigenvalue weighted by Gasteiger charge is -2.23. The van der Waals surface area contributed by atoms with Gasteiger partial charge >= 0.3 is 0 Å². The molecule has 1 aliphatic rings. The third kappa shape index (κ3) is 2.64. The molecule has 1 saturated carbocycles. The number of hydrogen-bond acceptors (Lipinski definition) is 3. The van der Waals surface area contributed by atoms with E-state index in [2.05, 4.69) is 5.32 Å². The number of carbonyl (C=O) groups excluding carboxylic acids is 1. The zero-order valence-corrected chi connectivity index (χ0v) is 10.9. The van der Waals surface area contributed by atoms with Crippen molar-refractivity contribution < 1.29 is 9.53 Å². The van der Waals surface area contributed by atoms with Crippen LogP contribution in [0.4, 0.5) is 0 Å². The fourth-order valence-corrected chi connectivity index (χ4v) is 2.08. The van der Waals surface area contributed by atoms with Gasteiger partial charge in [-0.1, -0.05) is 18.2 Å². The van der Waals surface area contributed by atoms with Crippen molar-refractivity contribution in [3.05, 3.63) is 29.8 Å². The Labute approximate surface area is 108 Å². The minimum atomic E-state index is -0.748. The second kappa shape index (κ2) is 4.98. The molecule has 1 aliphatic carbocycles. The maximum Gasteiger partial charge on any atom is 0.240 e. The first-order valence-corrected chi connectivity index (χ1v) is 6.24. The topological polar surface area (TPSA) is 64.3 Å². The molecular weight excluding hydrogens is 228 g/mol. The van der Waals surface area contributed by atoms with E-state index in [-0.39, 0.29) is 5.91 Å². The number of carbonyl (C=O) groups is 1. The first kappa shape index (κ1) is 12.9. The summed E-state index contributed by atoms with van der Waals surface area (Å²) in [6.45, 7) is 2.25. The van der Waals surface area contributed by atoms with Crippen LogP contribution in [-0.2, 0) is 11.3 Å². The van der Waals surface area contributed by atoms with Crippen LogP contribution in [0.25, 0.3) is 0 Å². The van der Waals surface area contributed by atoms with Crippen LogP contribution in [0.15, 0.2) is 24.3 Å². The maximum atomic E-state index is 12.0. The molecule has 0 spiro atoms. The summed E-state index contributed by atoms with van der Waals surface area (Å²) in [5, 5.41) is 2.89. The van der Waals surface area contributed by atoms with E-state index in [1.54, 1.807) is 7.11 Å². The van der Waals surface area contributed by atoms with Gasteiger partial charge in [-0.05, 0) is 31.7 Å². The second-order valence-electron chi connectivity index (χ2n) is 5.05. The van der Waals surface area contributed by atoms with E-state index >= 15 is 0 Å². The predicted octanol–water partition coefficient (Wildman–Crippen LogP) is 1.44. The van der Waals surface area contributed by atoms with Gasteiger partial charge in [-0.15, -0.1) is 0 Å². The lowest BCUT2D eigenvalue weighted by atomic mass is 9.96. The Kier molecular flexibility index (Phi) is 3.57. The summed E-state index contributed by atoms with van der Waals surface area (Å²) in [5.74, 6) is 1.02. The molecule has 3 N–H and O–H groups in total. The highest BCUT2D eigenvalue weighted by atomic mass is 16.5. The van der Waals surface area contributed by atoms with Crippen molar-refractivity contribution >= 4 is 5.91 Å². The van der Waals surface area contributed by atoms with Gasteiger partial charge in [0.2, 0.25) is 5.91 Å². The first-order chi connectivity index (χ1) is 8.55. The van der Waals surface area contributed by atoms with E-state index in [0.717, 1.165) is 24.2 Å². The smallest absolute Gasteiger partial charge is 0.240 e. The standard InChI is InChI=1S/C14H20N2O2/c1-14(15,11-7-8-11)13(17)16-9-10-5-3-4-6-12(10)18-2/h3-6,11H,7-9,15H2,1-2H3,(H,16,17). The van der Waals surface area contributed by atoms with Crippen LogP contribution in [0.5, 0.6) is 5.75 Å². The molecule has 1 fully saturated rings. The molecule has 0 saturated heterocycles. The number of hydrogen-bond donors (Lipinski definition) is 2. The molecule has 1 aromatic rings. The average Bonchev–Trinajstić information content (AvgIpc) is 3.20. The summed E-state index contributed by atoms with van der Waals surface area (Å²) >= 11 is 0. The molecule has 0 bridgehead atoms. The number of rotatable bonds is 5. The fraction of sp³-hybridized carbons (Fsp3) is 0.500. The Balaban J connectivity index is 1.97. The summed E-state index contributed by atoms with van der Waals surface area (Å²) in [6, 6.07) is 7.64. The zero-order valence-electron chi connectivity index (χ0n) is 10.9. The Morgan fingerprint density at radius 3 is 2.78 bits per heavy atom. The number of benzene rings is 1. The number of ether oxygens (including phenoxy) is 1. The van der Waals surface area contributed by atoms with Crippen LogP contribution in [0.3, 0.4) is 0 Å². The number of methoxy groups -OCH3 is 1. The molecule has 0 radical (unpaired) electrons. The SMILES string of the molecule is COc1ccccc1CNC(=O)C(C)(N)C1CC1. The molecule has 1 atom stereocenters. The van der Waals surface area contributed by atoms with Crippen molar-refractivity contribution in [1.82, 2.24) is 5.32 Å². The summed E-state index contributed by atoms with van der Waals surface area (Å²) < 4.78 is 5.24. The molecule has 1 amide bonds. The van der Waals surface area contributed by atoms with Crippen molar-refractivity contribution in [2.45, 2.75) is 31.8 Å². The van der Waals surface area contributed by atoms with E-state index in [9.17, 15) is 4.79 Å². The highest BCUT2D eigenvalue weighted by Gasteiger charge is 2.43. The largest absolute Gasteiger partial charge is 0.496 e. The summed E-state index contributed by atoms with van der Waals surface area (Å²) in [7, 11) is 1.62. The molecule has 4 heteroatoms. The quantitative estimate of drug-likeness (QED) is 0.828. The fourth-order valence-electron chi connectivity index (χ4n) is 2.08. The summed E-state index contributed by atoms with van der Waals surface area (Å²) in [4.78, 5) is 12.0. The third-order valence-electron chi connectivity index (χ3n) is 3.55. The van der Waals surface area contributed by atoms with Gasteiger partial charge in [0.1, 0.15) is 5.75 Å². The van der Waals surface area contributed by atoms with E-state index in [0.29, 0.717) is 12.5 Å². The van der Waals surface area contributed by atoms with Crippen molar-refractivity contribution in [3.63, 3.8) is 0 Å². The van der Waals surface area contributed by atoms with Gasteiger partial charge in [0.05, 0.1) is 12.6 Å². The van der Waals surface area contributed by atoms with Crippen LogP contribution in [0.2, 0.25) is 0 Å². The van der Waals surface area contributed by atoms with E-state index < -0.39 is 5.54 Å². The number of nitrogens with two attached hydrogens (primary N) is 1. The average molecular weight is 248 g/mol. The van der Waals surface area contributed by atoms with E-state index in [4.69, 9.17) is 10.5 Å². The van der Waals surface area contributed by atoms with Gasteiger partial charge in [0, 0.05) is 12.1 Å². The normalized spacial score (nSPS) is 17.9. The predicted molar refractivity (Wildman–Crippen MR) is 70.2 cm³/mol. The number of para-hydroxylation sites is 1. The number of amides is 1. The molecular formula is C14H20N2O2. The Hall–Kier alpha value is -1.55. The van der Waals surface area contributed by atoms with Gasteiger partial charge in [-0.3, -0.25) is 4.79 Å². The zero-order chi connectivity index (χ0) is 13.2. The summed E-state index contributed by atoms with van der Waals surface area (Å²) in [5.41, 5.74) is 6.27. The lowest BCUT2D eigenvalue weighted by molar-refractivity contribution is -0.126.